The third-order valence-electron chi connectivity index (χ3n) is 3.16. The SMILES string of the molecule is CC(C)(C)c1cccc(Oc2cccc(Cl)c2CO)c1. The number of rotatable bonds is 3. The summed E-state index contributed by atoms with van der Waals surface area (Å²) < 4.78 is 5.87. The average Bonchev–Trinajstić information content (AvgIpc) is 2.38. The normalized spacial score (nSPS) is 11.4. The molecule has 0 saturated carbocycles. The molecule has 0 atom stereocenters. The molecule has 0 aliphatic heterocycles. The van der Waals surface area contributed by atoms with Crippen LogP contribution >= 0.6 is 11.6 Å². The van der Waals surface area contributed by atoms with E-state index in [9.17, 15) is 5.11 Å². The van der Waals surface area contributed by atoms with Gasteiger partial charge in [0.15, 0.2) is 0 Å². The Labute approximate surface area is 125 Å². The van der Waals surface area contributed by atoms with E-state index in [1.54, 1.807) is 12.1 Å². The molecule has 0 radical (unpaired) electrons. The maximum absolute atomic E-state index is 9.40. The van der Waals surface area contributed by atoms with E-state index in [0.717, 1.165) is 5.75 Å². The van der Waals surface area contributed by atoms with Crippen LogP contribution < -0.4 is 4.74 Å². The maximum Gasteiger partial charge on any atom is 0.134 e. The van der Waals surface area contributed by atoms with E-state index in [4.69, 9.17) is 16.3 Å². The van der Waals surface area contributed by atoms with Crippen molar-refractivity contribution in [3.05, 3.63) is 58.6 Å². The van der Waals surface area contributed by atoms with Crippen molar-refractivity contribution in [1.82, 2.24) is 0 Å². The lowest BCUT2D eigenvalue weighted by atomic mass is 9.87. The minimum Gasteiger partial charge on any atom is -0.457 e. The first kappa shape index (κ1) is 14.9. The van der Waals surface area contributed by atoms with Crippen LogP contribution in [0.3, 0.4) is 0 Å². The summed E-state index contributed by atoms with van der Waals surface area (Å²) in [6, 6.07) is 13.3. The number of hydrogen-bond donors (Lipinski definition) is 1. The largest absolute Gasteiger partial charge is 0.457 e. The Bertz CT molecular complexity index is 600. The number of ether oxygens (including phenoxy) is 1. The van der Waals surface area contributed by atoms with Crippen LogP contribution in [0.15, 0.2) is 42.5 Å². The second-order valence-corrected chi connectivity index (χ2v) is 6.16. The van der Waals surface area contributed by atoms with Gasteiger partial charge in [-0.25, -0.2) is 0 Å². The summed E-state index contributed by atoms with van der Waals surface area (Å²) in [6.45, 7) is 6.33. The number of hydrogen-bond acceptors (Lipinski definition) is 2. The predicted molar refractivity (Wildman–Crippen MR) is 82.6 cm³/mol. The molecule has 3 heteroatoms. The highest BCUT2D eigenvalue weighted by Gasteiger charge is 2.15. The summed E-state index contributed by atoms with van der Waals surface area (Å²) in [6.07, 6.45) is 0. The number of aliphatic hydroxyl groups excluding tert-OH is 1. The predicted octanol–water partition coefficient (Wildman–Crippen LogP) is 4.92. The smallest absolute Gasteiger partial charge is 0.134 e. The molecule has 0 aliphatic carbocycles. The van der Waals surface area contributed by atoms with Crippen LogP contribution in [0.5, 0.6) is 11.5 Å². The molecule has 0 saturated heterocycles. The van der Waals surface area contributed by atoms with Crippen molar-refractivity contribution in [2.45, 2.75) is 32.8 Å². The summed E-state index contributed by atoms with van der Waals surface area (Å²) in [7, 11) is 0. The Morgan fingerprint density at radius 3 is 2.45 bits per heavy atom. The van der Waals surface area contributed by atoms with E-state index in [1.165, 1.54) is 5.56 Å². The van der Waals surface area contributed by atoms with Crippen LogP contribution in [0.1, 0.15) is 31.9 Å². The summed E-state index contributed by atoms with van der Waals surface area (Å²) in [5.74, 6) is 1.33. The molecule has 0 amide bonds. The summed E-state index contributed by atoms with van der Waals surface area (Å²) in [5, 5.41) is 9.91. The van der Waals surface area contributed by atoms with Gasteiger partial charge in [0.2, 0.25) is 0 Å². The molecule has 2 aromatic carbocycles. The fourth-order valence-corrected chi connectivity index (χ4v) is 2.17. The van der Waals surface area contributed by atoms with Crippen molar-refractivity contribution in [2.75, 3.05) is 0 Å². The first-order valence-corrected chi connectivity index (χ1v) is 6.96. The third-order valence-corrected chi connectivity index (χ3v) is 3.52. The monoisotopic (exact) mass is 290 g/mol. The van der Waals surface area contributed by atoms with Gasteiger partial charge in [-0.3, -0.25) is 0 Å². The quantitative estimate of drug-likeness (QED) is 0.869. The van der Waals surface area contributed by atoms with Gasteiger partial charge >= 0.3 is 0 Å². The average molecular weight is 291 g/mol. The Balaban J connectivity index is 2.34. The zero-order chi connectivity index (χ0) is 14.8. The molecule has 2 aromatic rings. The highest BCUT2D eigenvalue weighted by atomic mass is 35.5. The number of benzene rings is 2. The molecule has 1 N–H and O–H groups in total. The van der Waals surface area contributed by atoms with Gasteiger partial charge in [0.1, 0.15) is 11.5 Å². The van der Waals surface area contributed by atoms with Gasteiger partial charge in [-0.05, 0) is 35.2 Å². The molecule has 0 aliphatic rings. The molecule has 0 unspecified atom stereocenters. The minimum atomic E-state index is -0.145. The van der Waals surface area contributed by atoms with Gasteiger partial charge in [0.25, 0.3) is 0 Å². The van der Waals surface area contributed by atoms with Gasteiger partial charge in [-0.15, -0.1) is 0 Å². The minimum absolute atomic E-state index is 0.0630. The van der Waals surface area contributed by atoms with E-state index >= 15 is 0 Å². The molecule has 106 valence electrons. The second kappa shape index (κ2) is 5.86. The third kappa shape index (κ3) is 3.33. The van der Waals surface area contributed by atoms with Gasteiger partial charge in [0.05, 0.1) is 6.61 Å². The first-order chi connectivity index (χ1) is 9.41. The lowest BCUT2D eigenvalue weighted by Crippen LogP contribution is -2.10. The van der Waals surface area contributed by atoms with Crippen LogP contribution in [0.2, 0.25) is 5.02 Å². The summed E-state index contributed by atoms with van der Waals surface area (Å²) in [5.41, 5.74) is 1.87. The zero-order valence-corrected chi connectivity index (χ0v) is 12.7. The van der Waals surface area contributed by atoms with Crippen LogP contribution in [-0.4, -0.2) is 5.11 Å². The van der Waals surface area contributed by atoms with E-state index in [2.05, 4.69) is 26.8 Å². The van der Waals surface area contributed by atoms with Crippen molar-refractivity contribution in [3.63, 3.8) is 0 Å². The lowest BCUT2D eigenvalue weighted by Gasteiger charge is -2.20. The van der Waals surface area contributed by atoms with Crippen molar-refractivity contribution in [3.8, 4) is 11.5 Å². The number of halogens is 1. The Morgan fingerprint density at radius 2 is 1.80 bits per heavy atom. The molecule has 2 nitrogen and oxygen atoms in total. The number of aliphatic hydroxyl groups is 1. The highest BCUT2D eigenvalue weighted by molar-refractivity contribution is 6.31. The van der Waals surface area contributed by atoms with Crippen molar-refractivity contribution in [2.24, 2.45) is 0 Å². The molecule has 0 spiro atoms. The van der Waals surface area contributed by atoms with Crippen LogP contribution in [0.25, 0.3) is 0 Å². The molecular weight excluding hydrogens is 272 g/mol. The van der Waals surface area contributed by atoms with E-state index in [-0.39, 0.29) is 12.0 Å². The Morgan fingerprint density at radius 1 is 1.10 bits per heavy atom. The van der Waals surface area contributed by atoms with Gasteiger partial charge < -0.3 is 9.84 Å². The molecule has 0 heterocycles. The van der Waals surface area contributed by atoms with Crippen LogP contribution in [0, 0.1) is 0 Å². The molecular formula is C17H19ClO2. The molecule has 0 fully saturated rings. The topological polar surface area (TPSA) is 29.5 Å². The van der Waals surface area contributed by atoms with E-state index in [1.807, 2.05) is 24.3 Å². The Kier molecular flexibility index (Phi) is 4.36. The molecule has 0 aromatic heterocycles. The zero-order valence-electron chi connectivity index (χ0n) is 12.0. The van der Waals surface area contributed by atoms with Crippen LogP contribution in [-0.2, 0) is 12.0 Å². The Hall–Kier alpha value is -1.51. The van der Waals surface area contributed by atoms with E-state index in [0.29, 0.717) is 16.3 Å². The second-order valence-electron chi connectivity index (χ2n) is 5.75. The van der Waals surface area contributed by atoms with Gasteiger partial charge in [0, 0.05) is 10.6 Å². The fraction of sp³-hybridized carbons (Fsp3) is 0.294. The van der Waals surface area contributed by atoms with Crippen molar-refractivity contribution in [1.29, 1.82) is 0 Å². The van der Waals surface area contributed by atoms with Crippen LogP contribution in [0.4, 0.5) is 0 Å². The first-order valence-electron chi connectivity index (χ1n) is 6.58. The summed E-state index contributed by atoms with van der Waals surface area (Å²) in [4.78, 5) is 0. The molecule has 2 rings (SSSR count). The highest BCUT2D eigenvalue weighted by Crippen LogP contribution is 2.32. The maximum atomic E-state index is 9.40. The van der Waals surface area contributed by atoms with Crippen molar-refractivity contribution >= 4 is 11.6 Å². The van der Waals surface area contributed by atoms with Gasteiger partial charge in [-0.1, -0.05) is 50.6 Å². The summed E-state index contributed by atoms with van der Waals surface area (Å²) >= 11 is 6.06. The molecule has 20 heavy (non-hydrogen) atoms. The standard InChI is InChI=1S/C17H19ClO2/c1-17(2,3)12-6-4-7-13(10-12)20-16-9-5-8-15(18)14(16)11-19/h4-10,19H,11H2,1-3H3. The van der Waals surface area contributed by atoms with Crippen molar-refractivity contribution < 1.29 is 9.84 Å². The van der Waals surface area contributed by atoms with Gasteiger partial charge in [-0.2, -0.15) is 0 Å². The molecule has 0 bridgehead atoms. The van der Waals surface area contributed by atoms with E-state index < -0.39 is 0 Å². The lowest BCUT2D eigenvalue weighted by molar-refractivity contribution is 0.276. The fourth-order valence-electron chi connectivity index (χ4n) is 1.94.